The second-order valence-electron chi connectivity index (χ2n) is 7.00. The molecule has 0 saturated carbocycles. The van der Waals surface area contributed by atoms with Gasteiger partial charge in [0.05, 0.1) is 10.9 Å². The molecule has 0 bridgehead atoms. The van der Waals surface area contributed by atoms with Crippen LogP contribution in [0, 0.1) is 19.8 Å². The van der Waals surface area contributed by atoms with Gasteiger partial charge >= 0.3 is 0 Å². The number of benzene rings is 1. The molecule has 0 aliphatic carbocycles. The molecule has 0 aliphatic rings. The predicted molar refractivity (Wildman–Crippen MR) is 99.7 cm³/mol. The van der Waals surface area contributed by atoms with E-state index >= 15 is 0 Å². The topological polar surface area (TPSA) is 62.7 Å². The molecule has 0 unspecified atom stereocenters. The molecule has 3 rings (SSSR count). The number of nitrogens with one attached hydrogen (secondary N) is 2. The lowest BCUT2D eigenvalue weighted by Gasteiger charge is -2.13. The van der Waals surface area contributed by atoms with Crippen LogP contribution in [0.5, 0.6) is 0 Å². The maximum absolute atomic E-state index is 13.0. The van der Waals surface area contributed by atoms with Gasteiger partial charge in [-0.2, -0.15) is 5.10 Å². The van der Waals surface area contributed by atoms with Crippen molar-refractivity contribution in [3.63, 3.8) is 0 Å². The van der Waals surface area contributed by atoms with Crippen molar-refractivity contribution in [1.82, 2.24) is 20.1 Å². The molecule has 1 aromatic carbocycles. The summed E-state index contributed by atoms with van der Waals surface area (Å²) in [5.41, 5.74) is 3.81. The first-order valence-corrected chi connectivity index (χ1v) is 8.67. The Labute approximate surface area is 142 Å². The van der Waals surface area contributed by atoms with Crippen LogP contribution >= 0.6 is 0 Å². The van der Waals surface area contributed by atoms with Crippen molar-refractivity contribution in [2.75, 3.05) is 13.1 Å². The Hall–Kier alpha value is -2.14. The van der Waals surface area contributed by atoms with Gasteiger partial charge < -0.3 is 9.88 Å². The molecule has 0 aliphatic heterocycles. The Morgan fingerprint density at radius 1 is 1.29 bits per heavy atom. The average Bonchev–Trinajstić information content (AvgIpc) is 2.92. The van der Waals surface area contributed by atoms with Crippen LogP contribution < -0.4 is 10.9 Å². The standard InChI is InChI=1S/C19H26N4O/c1-12(2)11-20-8-5-9-23-16-7-6-13(3)10-15(16)18-17(19(23)24)14(4)21-22-18/h6-7,10,12,20H,5,8-9,11H2,1-4H3,(H,21,22). The summed E-state index contributed by atoms with van der Waals surface area (Å²) in [4.78, 5) is 13.0. The summed E-state index contributed by atoms with van der Waals surface area (Å²) in [7, 11) is 0. The van der Waals surface area contributed by atoms with Gasteiger partial charge in [-0.15, -0.1) is 0 Å². The molecule has 0 fully saturated rings. The van der Waals surface area contributed by atoms with Crippen molar-refractivity contribution in [2.24, 2.45) is 5.92 Å². The molecule has 5 nitrogen and oxygen atoms in total. The van der Waals surface area contributed by atoms with Crippen molar-refractivity contribution in [2.45, 2.75) is 40.7 Å². The normalized spacial score (nSPS) is 11.9. The number of fused-ring (bicyclic) bond motifs is 3. The molecule has 2 aromatic heterocycles. The van der Waals surface area contributed by atoms with E-state index in [1.54, 1.807) is 0 Å². The van der Waals surface area contributed by atoms with Crippen LogP contribution in [0.3, 0.4) is 0 Å². The van der Waals surface area contributed by atoms with Crippen molar-refractivity contribution in [3.8, 4) is 0 Å². The number of aromatic nitrogens is 3. The number of aromatic amines is 1. The highest BCUT2D eigenvalue weighted by atomic mass is 16.1. The maximum Gasteiger partial charge on any atom is 0.262 e. The third-order valence-electron chi connectivity index (χ3n) is 4.39. The maximum atomic E-state index is 13.0. The summed E-state index contributed by atoms with van der Waals surface area (Å²) >= 11 is 0. The van der Waals surface area contributed by atoms with Gasteiger partial charge in [-0.1, -0.05) is 25.5 Å². The molecular weight excluding hydrogens is 300 g/mol. The highest BCUT2D eigenvalue weighted by Gasteiger charge is 2.15. The fraction of sp³-hybridized carbons (Fsp3) is 0.474. The van der Waals surface area contributed by atoms with Gasteiger partial charge in [0.15, 0.2) is 0 Å². The first kappa shape index (κ1) is 16.7. The van der Waals surface area contributed by atoms with E-state index in [4.69, 9.17) is 0 Å². The summed E-state index contributed by atoms with van der Waals surface area (Å²) in [5.74, 6) is 0.640. The van der Waals surface area contributed by atoms with E-state index in [-0.39, 0.29) is 5.56 Å². The number of rotatable bonds is 6. The molecule has 2 heterocycles. The zero-order chi connectivity index (χ0) is 17.3. The minimum absolute atomic E-state index is 0.0523. The summed E-state index contributed by atoms with van der Waals surface area (Å²) in [6.45, 7) is 11.0. The lowest BCUT2D eigenvalue weighted by molar-refractivity contribution is 0.522. The lowest BCUT2D eigenvalue weighted by Crippen LogP contribution is -2.25. The third kappa shape index (κ3) is 3.08. The fourth-order valence-electron chi connectivity index (χ4n) is 3.18. The molecule has 5 heteroatoms. The van der Waals surface area contributed by atoms with E-state index in [0.717, 1.165) is 41.6 Å². The molecule has 0 saturated heterocycles. The van der Waals surface area contributed by atoms with Gasteiger partial charge in [0.25, 0.3) is 5.56 Å². The quantitative estimate of drug-likeness (QED) is 0.684. The summed E-state index contributed by atoms with van der Waals surface area (Å²) < 4.78 is 1.90. The Kier molecular flexibility index (Phi) is 4.71. The number of nitrogens with zero attached hydrogens (tertiary/aromatic N) is 2. The third-order valence-corrected chi connectivity index (χ3v) is 4.39. The first-order valence-electron chi connectivity index (χ1n) is 8.67. The minimum atomic E-state index is 0.0523. The van der Waals surface area contributed by atoms with Gasteiger partial charge in [-0.05, 0) is 51.4 Å². The number of hydrogen-bond donors (Lipinski definition) is 2. The second-order valence-corrected chi connectivity index (χ2v) is 7.00. The molecule has 0 amide bonds. The van der Waals surface area contributed by atoms with Gasteiger partial charge in [0.1, 0.15) is 5.52 Å². The second kappa shape index (κ2) is 6.77. The number of H-pyrrole nitrogens is 1. The Morgan fingerprint density at radius 3 is 2.83 bits per heavy atom. The van der Waals surface area contributed by atoms with Gasteiger partial charge in [-0.25, -0.2) is 0 Å². The van der Waals surface area contributed by atoms with E-state index in [1.807, 2.05) is 17.6 Å². The average molecular weight is 326 g/mol. The van der Waals surface area contributed by atoms with Crippen LogP contribution in [-0.2, 0) is 6.54 Å². The molecule has 128 valence electrons. The smallest absolute Gasteiger partial charge is 0.262 e. The molecule has 2 N–H and O–H groups in total. The first-order chi connectivity index (χ1) is 11.5. The van der Waals surface area contributed by atoms with E-state index < -0.39 is 0 Å². The highest BCUT2D eigenvalue weighted by molar-refractivity contribution is 6.04. The van der Waals surface area contributed by atoms with Crippen LogP contribution in [-0.4, -0.2) is 27.9 Å². The highest BCUT2D eigenvalue weighted by Crippen LogP contribution is 2.24. The number of hydrogen-bond acceptors (Lipinski definition) is 3. The molecule has 0 radical (unpaired) electrons. The molecular formula is C19H26N4O. The van der Waals surface area contributed by atoms with Crippen molar-refractivity contribution in [1.29, 1.82) is 0 Å². The van der Waals surface area contributed by atoms with E-state index in [1.165, 1.54) is 5.56 Å². The predicted octanol–water partition coefficient (Wildman–Crippen LogP) is 3.13. The zero-order valence-corrected chi connectivity index (χ0v) is 14.9. The van der Waals surface area contributed by atoms with Gasteiger partial charge in [0, 0.05) is 17.6 Å². The van der Waals surface area contributed by atoms with Crippen LogP contribution in [0.4, 0.5) is 0 Å². The summed E-state index contributed by atoms with van der Waals surface area (Å²) in [6.07, 6.45) is 0.929. The van der Waals surface area contributed by atoms with Crippen LogP contribution in [0.15, 0.2) is 23.0 Å². The van der Waals surface area contributed by atoms with Crippen molar-refractivity contribution in [3.05, 3.63) is 39.8 Å². The SMILES string of the molecule is Cc1ccc2c(c1)c1n[nH]c(C)c1c(=O)n2CCCNCC(C)C. The van der Waals surface area contributed by atoms with E-state index in [9.17, 15) is 4.79 Å². The van der Waals surface area contributed by atoms with Crippen LogP contribution in [0.25, 0.3) is 21.8 Å². The Balaban J connectivity index is 2.00. The van der Waals surface area contributed by atoms with Gasteiger partial charge in [-0.3, -0.25) is 9.89 Å². The fourth-order valence-corrected chi connectivity index (χ4v) is 3.18. The lowest BCUT2D eigenvalue weighted by atomic mass is 10.1. The van der Waals surface area contributed by atoms with Crippen LogP contribution in [0.2, 0.25) is 0 Å². The zero-order valence-electron chi connectivity index (χ0n) is 14.9. The summed E-state index contributed by atoms with van der Waals surface area (Å²) in [6, 6.07) is 6.21. The number of aryl methyl sites for hydroxylation is 3. The van der Waals surface area contributed by atoms with E-state index in [2.05, 4.69) is 48.4 Å². The Bertz CT molecular complexity index is 920. The van der Waals surface area contributed by atoms with Gasteiger partial charge in [0.2, 0.25) is 0 Å². The van der Waals surface area contributed by atoms with E-state index in [0.29, 0.717) is 17.8 Å². The summed E-state index contributed by atoms with van der Waals surface area (Å²) in [5, 5.41) is 12.5. The molecule has 0 atom stereocenters. The Morgan fingerprint density at radius 2 is 2.08 bits per heavy atom. The molecule has 0 spiro atoms. The van der Waals surface area contributed by atoms with Crippen molar-refractivity contribution >= 4 is 21.8 Å². The van der Waals surface area contributed by atoms with Crippen molar-refractivity contribution < 1.29 is 0 Å². The molecule has 3 aromatic rings. The monoisotopic (exact) mass is 326 g/mol. The molecule has 24 heavy (non-hydrogen) atoms. The van der Waals surface area contributed by atoms with Crippen LogP contribution in [0.1, 0.15) is 31.5 Å². The minimum Gasteiger partial charge on any atom is -0.316 e. The largest absolute Gasteiger partial charge is 0.316 e. The number of pyridine rings is 1.